The number of hydrogen-bond acceptors (Lipinski definition) is 6. The molecule has 0 amide bonds. The summed E-state index contributed by atoms with van der Waals surface area (Å²) in [4.78, 5) is 12.3. The van der Waals surface area contributed by atoms with E-state index in [1.807, 2.05) is 6.92 Å². The molecule has 146 valence electrons. The van der Waals surface area contributed by atoms with E-state index in [1.54, 1.807) is 12.1 Å². The van der Waals surface area contributed by atoms with Crippen LogP contribution in [-0.4, -0.2) is 38.9 Å². The molecular weight excluding hydrogens is 348 g/mol. The number of ketones is 1. The third kappa shape index (κ3) is 6.49. The van der Waals surface area contributed by atoms with Crippen molar-refractivity contribution in [3.63, 3.8) is 0 Å². The van der Waals surface area contributed by atoms with Gasteiger partial charge in [0.25, 0.3) is 0 Å². The van der Waals surface area contributed by atoms with Gasteiger partial charge in [-0.15, -0.1) is 0 Å². The molecule has 2 aromatic rings. The molecule has 0 aliphatic heterocycles. The maximum Gasteiger partial charge on any atom is 0.157 e. The van der Waals surface area contributed by atoms with E-state index in [4.69, 9.17) is 4.74 Å². The number of ether oxygens (including phenoxy) is 1. The number of carbonyl (C=O) groups is 1. The molecule has 0 unspecified atom stereocenters. The molecule has 1 atom stereocenters. The smallest absolute Gasteiger partial charge is 0.157 e. The molecule has 6 heteroatoms. The van der Waals surface area contributed by atoms with Crippen LogP contribution >= 0.6 is 0 Å². The van der Waals surface area contributed by atoms with Crippen molar-refractivity contribution in [1.82, 2.24) is 0 Å². The third-order valence-corrected chi connectivity index (χ3v) is 4.38. The minimum Gasteiger partial charge on any atom is -0.504 e. The first-order valence-electron chi connectivity index (χ1n) is 9.04. The maximum atomic E-state index is 12.3. The Hall–Kier alpha value is -2.73. The lowest BCUT2D eigenvalue weighted by molar-refractivity contribution is -0.121. The van der Waals surface area contributed by atoms with Gasteiger partial charge in [0, 0.05) is 19.4 Å². The second kappa shape index (κ2) is 9.83. The monoisotopic (exact) mass is 374 g/mol. The van der Waals surface area contributed by atoms with E-state index >= 15 is 0 Å². The van der Waals surface area contributed by atoms with Crippen molar-refractivity contribution in [2.75, 3.05) is 6.61 Å². The first-order valence-corrected chi connectivity index (χ1v) is 9.04. The van der Waals surface area contributed by atoms with Crippen LogP contribution in [0, 0.1) is 0 Å². The van der Waals surface area contributed by atoms with Gasteiger partial charge < -0.3 is 25.2 Å². The van der Waals surface area contributed by atoms with Crippen LogP contribution in [-0.2, 0) is 22.4 Å². The Kier molecular flexibility index (Phi) is 7.49. The Balaban J connectivity index is 1.85. The second-order valence-corrected chi connectivity index (χ2v) is 6.50. The maximum absolute atomic E-state index is 12.3. The fourth-order valence-electron chi connectivity index (χ4n) is 2.90. The van der Waals surface area contributed by atoms with Crippen LogP contribution in [0.1, 0.15) is 37.3 Å². The Morgan fingerprint density at radius 1 is 0.889 bits per heavy atom. The average Bonchev–Trinajstić information content (AvgIpc) is 2.63. The minimum absolute atomic E-state index is 0.0644. The summed E-state index contributed by atoms with van der Waals surface area (Å²) < 4.78 is 5.67. The van der Waals surface area contributed by atoms with Gasteiger partial charge in [0.15, 0.2) is 23.0 Å². The van der Waals surface area contributed by atoms with E-state index in [0.717, 1.165) is 11.1 Å². The number of phenols is 4. The standard InChI is InChI=1S/C21H26O6/c1-2-27-17(8-4-15-6-10-19(24)21(26)12-15)13-16(22)7-3-14-5-9-18(23)20(25)11-14/h5-6,9-12,17,23-26H,2-4,7-8,13H2,1H3/t17-/m0/s1. The molecule has 0 bridgehead atoms. The first kappa shape index (κ1) is 20.6. The van der Waals surface area contributed by atoms with Crippen LogP contribution in [0.4, 0.5) is 0 Å². The number of aryl methyl sites for hydroxylation is 2. The van der Waals surface area contributed by atoms with Crippen LogP contribution in [0.5, 0.6) is 23.0 Å². The highest BCUT2D eigenvalue weighted by Gasteiger charge is 2.15. The van der Waals surface area contributed by atoms with Crippen LogP contribution < -0.4 is 0 Å². The molecular formula is C21H26O6. The van der Waals surface area contributed by atoms with E-state index in [0.29, 0.717) is 38.7 Å². The van der Waals surface area contributed by atoms with E-state index in [2.05, 4.69) is 0 Å². The highest BCUT2D eigenvalue weighted by atomic mass is 16.5. The van der Waals surface area contributed by atoms with E-state index in [9.17, 15) is 25.2 Å². The van der Waals surface area contributed by atoms with Crippen LogP contribution in [0.2, 0.25) is 0 Å². The SMILES string of the molecule is CCO[C@@H](CCc1ccc(O)c(O)c1)CC(=O)CCc1ccc(O)c(O)c1. The van der Waals surface area contributed by atoms with Crippen molar-refractivity contribution in [2.45, 2.75) is 45.1 Å². The van der Waals surface area contributed by atoms with Gasteiger partial charge in [0.2, 0.25) is 0 Å². The van der Waals surface area contributed by atoms with Crippen molar-refractivity contribution in [1.29, 1.82) is 0 Å². The Bertz CT molecular complexity index is 771. The average molecular weight is 374 g/mol. The molecule has 4 N–H and O–H groups in total. The number of carbonyl (C=O) groups excluding carboxylic acids is 1. The lowest BCUT2D eigenvalue weighted by atomic mass is 9.99. The number of benzene rings is 2. The summed E-state index contributed by atoms with van der Waals surface area (Å²) in [6.07, 6.45) is 2.14. The zero-order valence-corrected chi connectivity index (χ0v) is 15.4. The highest BCUT2D eigenvalue weighted by molar-refractivity contribution is 5.79. The quantitative estimate of drug-likeness (QED) is 0.475. The molecule has 0 saturated heterocycles. The van der Waals surface area contributed by atoms with Crippen LogP contribution in [0.25, 0.3) is 0 Å². The summed E-state index contributed by atoms with van der Waals surface area (Å²) in [6, 6.07) is 9.23. The fourth-order valence-corrected chi connectivity index (χ4v) is 2.90. The lowest BCUT2D eigenvalue weighted by Gasteiger charge is -2.16. The van der Waals surface area contributed by atoms with E-state index < -0.39 is 0 Å². The molecule has 0 heterocycles. The molecule has 6 nitrogen and oxygen atoms in total. The molecule has 0 aliphatic rings. The molecule has 0 fully saturated rings. The predicted octanol–water partition coefficient (Wildman–Crippen LogP) is 3.44. The van der Waals surface area contributed by atoms with Gasteiger partial charge in [0.1, 0.15) is 5.78 Å². The fraction of sp³-hybridized carbons (Fsp3) is 0.381. The summed E-state index contributed by atoms with van der Waals surface area (Å²) in [5.74, 6) is -0.621. The van der Waals surface area contributed by atoms with Gasteiger partial charge in [-0.05, 0) is 61.6 Å². The van der Waals surface area contributed by atoms with Crippen molar-refractivity contribution in [3.8, 4) is 23.0 Å². The Morgan fingerprint density at radius 3 is 1.96 bits per heavy atom. The van der Waals surface area contributed by atoms with Gasteiger partial charge in [-0.3, -0.25) is 4.79 Å². The topological polar surface area (TPSA) is 107 Å². The molecule has 0 spiro atoms. The molecule has 2 aromatic carbocycles. The van der Waals surface area contributed by atoms with Gasteiger partial charge in [0.05, 0.1) is 6.10 Å². The van der Waals surface area contributed by atoms with Gasteiger partial charge in [-0.1, -0.05) is 12.1 Å². The van der Waals surface area contributed by atoms with Crippen LogP contribution in [0.15, 0.2) is 36.4 Å². The Labute approximate surface area is 158 Å². The Morgan fingerprint density at radius 2 is 1.44 bits per heavy atom. The van der Waals surface area contributed by atoms with Gasteiger partial charge in [-0.25, -0.2) is 0 Å². The van der Waals surface area contributed by atoms with Gasteiger partial charge in [-0.2, -0.15) is 0 Å². The largest absolute Gasteiger partial charge is 0.504 e. The number of phenolic OH excluding ortho intramolecular Hbond substituents is 4. The second-order valence-electron chi connectivity index (χ2n) is 6.50. The predicted molar refractivity (Wildman–Crippen MR) is 101 cm³/mol. The van der Waals surface area contributed by atoms with Crippen LogP contribution in [0.3, 0.4) is 0 Å². The zero-order valence-electron chi connectivity index (χ0n) is 15.4. The zero-order chi connectivity index (χ0) is 19.8. The number of Topliss-reactive ketones (excluding diaryl/α,β-unsaturated/α-hetero) is 1. The molecule has 0 saturated carbocycles. The molecule has 0 aliphatic carbocycles. The van der Waals surface area contributed by atoms with Crippen molar-refractivity contribution < 1.29 is 30.0 Å². The molecule has 27 heavy (non-hydrogen) atoms. The lowest BCUT2D eigenvalue weighted by Crippen LogP contribution is -2.19. The van der Waals surface area contributed by atoms with Crippen molar-refractivity contribution in [3.05, 3.63) is 47.5 Å². The molecule has 0 aromatic heterocycles. The number of rotatable bonds is 10. The summed E-state index contributed by atoms with van der Waals surface area (Å²) >= 11 is 0. The highest BCUT2D eigenvalue weighted by Crippen LogP contribution is 2.27. The summed E-state index contributed by atoms with van der Waals surface area (Å²) in [6.45, 7) is 2.38. The van der Waals surface area contributed by atoms with E-state index in [1.165, 1.54) is 24.3 Å². The molecule has 2 rings (SSSR count). The summed E-state index contributed by atoms with van der Waals surface area (Å²) in [5, 5.41) is 37.7. The van der Waals surface area contributed by atoms with Gasteiger partial charge >= 0.3 is 0 Å². The molecule has 0 radical (unpaired) electrons. The van der Waals surface area contributed by atoms with Crippen molar-refractivity contribution >= 4 is 5.78 Å². The minimum atomic E-state index is -0.216. The number of aromatic hydroxyl groups is 4. The summed E-state index contributed by atoms with van der Waals surface area (Å²) in [7, 11) is 0. The van der Waals surface area contributed by atoms with Crippen molar-refractivity contribution in [2.24, 2.45) is 0 Å². The first-order chi connectivity index (χ1) is 12.9. The normalized spacial score (nSPS) is 12.0. The van der Waals surface area contributed by atoms with E-state index in [-0.39, 0.29) is 34.9 Å². The summed E-state index contributed by atoms with van der Waals surface area (Å²) in [5.41, 5.74) is 1.65. The third-order valence-electron chi connectivity index (χ3n) is 4.38. The number of hydrogen-bond donors (Lipinski definition) is 4.